The lowest BCUT2D eigenvalue weighted by molar-refractivity contribution is -0.0367. The van der Waals surface area contributed by atoms with E-state index in [2.05, 4.69) is 34.6 Å². The Hall–Kier alpha value is -0.740. The maximum atomic E-state index is 10.5. The van der Waals surface area contributed by atoms with Crippen molar-refractivity contribution < 1.29 is 14.9 Å². The molecule has 24 heavy (non-hydrogen) atoms. The number of aromatic nitrogens is 4. The van der Waals surface area contributed by atoms with Crippen molar-refractivity contribution >= 4 is 52.8 Å². The molecule has 0 spiro atoms. The van der Waals surface area contributed by atoms with Crippen LogP contribution in [-0.4, -0.2) is 73.8 Å². The number of nitrogen functional groups attached to an aromatic ring is 1. The van der Waals surface area contributed by atoms with Gasteiger partial charge >= 0.3 is 0 Å². The van der Waals surface area contributed by atoms with Gasteiger partial charge in [0, 0.05) is 22.6 Å². The van der Waals surface area contributed by atoms with Crippen molar-refractivity contribution in [2.24, 2.45) is 0 Å². The molecule has 1 aliphatic rings. The minimum Gasteiger partial charge on any atom is -0.388 e. The lowest BCUT2D eigenvalue weighted by atomic mass is 10.1. The molecular weight excluding hydrogens is 444 g/mol. The molecule has 2 aromatic heterocycles. The van der Waals surface area contributed by atoms with E-state index in [1.165, 1.54) is 6.33 Å². The molecule has 0 radical (unpaired) electrons. The summed E-state index contributed by atoms with van der Waals surface area (Å²) in [4.78, 5) is 12.5. The SMILES string of the molecule is C=P(C)(C)CC[C@H]1O[C@@H](n2c(I)nc3c(N)ncnc32)[C@H](O)[C@@H]1O. The number of fused-ring (bicyclic) bond motifs is 1. The zero-order valence-electron chi connectivity index (χ0n) is 13.5. The van der Waals surface area contributed by atoms with Crippen LogP contribution in [0.5, 0.6) is 0 Å². The zero-order chi connectivity index (χ0) is 17.6. The molecule has 2 aromatic rings. The molecule has 132 valence electrons. The van der Waals surface area contributed by atoms with Gasteiger partial charge in [0.2, 0.25) is 0 Å². The van der Waals surface area contributed by atoms with E-state index in [0.29, 0.717) is 21.4 Å². The summed E-state index contributed by atoms with van der Waals surface area (Å²) in [5, 5.41) is 20.8. The van der Waals surface area contributed by atoms with Crippen LogP contribution in [0.1, 0.15) is 12.6 Å². The lowest BCUT2D eigenvalue weighted by Crippen LogP contribution is -2.32. The van der Waals surface area contributed by atoms with E-state index in [1.807, 2.05) is 22.6 Å². The fraction of sp³-hybridized carbons (Fsp3) is 0.571. The Morgan fingerprint density at radius 1 is 1.38 bits per heavy atom. The van der Waals surface area contributed by atoms with Crippen LogP contribution in [0, 0.1) is 3.83 Å². The predicted molar refractivity (Wildman–Crippen MR) is 104 cm³/mol. The Labute approximate surface area is 153 Å². The molecule has 0 bridgehead atoms. The molecule has 3 rings (SSSR count). The summed E-state index contributed by atoms with van der Waals surface area (Å²) in [6, 6.07) is 0. The van der Waals surface area contributed by atoms with E-state index in [4.69, 9.17) is 10.5 Å². The molecule has 4 N–H and O–H groups in total. The molecular formula is C14H21IN5O3P. The minimum atomic E-state index is -1.23. The third-order valence-electron chi connectivity index (χ3n) is 4.07. The summed E-state index contributed by atoms with van der Waals surface area (Å²) in [6.07, 6.45) is 3.81. The summed E-state index contributed by atoms with van der Waals surface area (Å²) in [7, 11) is 0. The van der Waals surface area contributed by atoms with Gasteiger partial charge in [0.1, 0.15) is 18.5 Å². The first-order chi connectivity index (χ1) is 11.2. The number of nitrogens with zero attached hydrogens (tertiary/aromatic N) is 4. The Kier molecular flexibility index (Phi) is 4.91. The van der Waals surface area contributed by atoms with Gasteiger partial charge in [0.05, 0.1) is 6.10 Å². The summed E-state index contributed by atoms with van der Waals surface area (Å²) in [6.45, 7) is 3.04. The maximum absolute atomic E-state index is 10.5. The van der Waals surface area contributed by atoms with Crippen LogP contribution in [0.25, 0.3) is 11.2 Å². The highest BCUT2D eigenvalue weighted by Gasteiger charge is 2.44. The number of rotatable bonds is 4. The zero-order valence-corrected chi connectivity index (χ0v) is 16.6. The van der Waals surface area contributed by atoms with Gasteiger partial charge in [0.25, 0.3) is 0 Å². The van der Waals surface area contributed by atoms with Gasteiger partial charge in [-0.15, -0.1) is 13.2 Å². The van der Waals surface area contributed by atoms with Crippen molar-refractivity contribution in [1.29, 1.82) is 0 Å². The van der Waals surface area contributed by atoms with Crippen LogP contribution in [0.2, 0.25) is 0 Å². The number of hydrogen-bond acceptors (Lipinski definition) is 7. The number of halogens is 1. The van der Waals surface area contributed by atoms with Crippen LogP contribution >= 0.6 is 29.5 Å². The maximum Gasteiger partial charge on any atom is 0.175 e. The van der Waals surface area contributed by atoms with Crippen molar-refractivity contribution in [3.05, 3.63) is 10.2 Å². The quantitative estimate of drug-likeness (QED) is 0.346. The van der Waals surface area contributed by atoms with Crippen LogP contribution in [0.4, 0.5) is 5.82 Å². The standard InChI is InChI=1S/C14H21IN5O3P/c1-24(2,3)5-4-7-9(21)10(22)13(23-7)20-12-8(19-14(20)15)11(16)17-6-18-12/h6-7,9-10,13,21-22H,1,4-5H2,2-3H3,(H2,16,17,18)/t7-,9-,10-,13-/m1/s1. The van der Waals surface area contributed by atoms with Crippen LogP contribution < -0.4 is 5.73 Å². The van der Waals surface area contributed by atoms with Gasteiger partial charge in [-0.2, -0.15) is 0 Å². The Morgan fingerprint density at radius 3 is 2.75 bits per heavy atom. The Morgan fingerprint density at radius 2 is 2.08 bits per heavy atom. The third-order valence-corrected chi connectivity index (χ3v) is 6.30. The Bertz CT molecular complexity index is 807. The summed E-state index contributed by atoms with van der Waals surface area (Å²) in [5.41, 5.74) is 6.77. The molecule has 1 saturated heterocycles. The van der Waals surface area contributed by atoms with Crippen LogP contribution in [-0.2, 0) is 4.74 Å². The highest BCUT2D eigenvalue weighted by molar-refractivity contribution is 14.1. The predicted octanol–water partition coefficient (Wildman–Crippen LogP) is 0.732. The number of aliphatic hydroxyl groups is 2. The van der Waals surface area contributed by atoms with E-state index in [-0.39, 0.29) is 5.82 Å². The van der Waals surface area contributed by atoms with E-state index < -0.39 is 31.4 Å². The second-order valence-corrected chi connectivity index (χ2v) is 12.0. The van der Waals surface area contributed by atoms with Crippen molar-refractivity contribution in [1.82, 2.24) is 19.5 Å². The van der Waals surface area contributed by atoms with E-state index >= 15 is 0 Å². The second-order valence-electron chi connectivity index (χ2n) is 6.68. The van der Waals surface area contributed by atoms with Crippen molar-refractivity contribution in [2.75, 3.05) is 25.2 Å². The molecule has 0 saturated carbocycles. The van der Waals surface area contributed by atoms with Crippen molar-refractivity contribution in [2.45, 2.75) is 31.0 Å². The van der Waals surface area contributed by atoms with Crippen LogP contribution in [0.3, 0.4) is 0 Å². The first-order valence-electron chi connectivity index (χ1n) is 7.52. The number of imidazole rings is 1. The number of aliphatic hydroxyl groups excluding tert-OH is 2. The van der Waals surface area contributed by atoms with Gasteiger partial charge < -0.3 is 20.7 Å². The lowest BCUT2D eigenvalue weighted by Gasteiger charge is -2.19. The average molecular weight is 465 g/mol. The molecule has 1 fully saturated rings. The Balaban J connectivity index is 1.92. The molecule has 10 heteroatoms. The topological polar surface area (TPSA) is 119 Å². The summed E-state index contributed by atoms with van der Waals surface area (Å²) < 4.78 is 8.19. The molecule has 4 atom stereocenters. The largest absolute Gasteiger partial charge is 0.388 e. The average Bonchev–Trinajstić information content (AvgIpc) is 2.96. The van der Waals surface area contributed by atoms with Gasteiger partial charge in [0.15, 0.2) is 27.0 Å². The smallest absolute Gasteiger partial charge is 0.175 e. The first-order valence-corrected chi connectivity index (χ1v) is 11.6. The molecule has 0 aromatic carbocycles. The molecule has 0 aliphatic carbocycles. The van der Waals surface area contributed by atoms with Gasteiger partial charge in [-0.3, -0.25) is 4.57 Å². The number of hydrogen-bond donors (Lipinski definition) is 3. The highest BCUT2D eigenvalue weighted by Crippen LogP contribution is 2.40. The third kappa shape index (κ3) is 3.32. The highest BCUT2D eigenvalue weighted by atomic mass is 127. The van der Waals surface area contributed by atoms with Crippen LogP contribution in [0.15, 0.2) is 6.33 Å². The van der Waals surface area contributed by atoms with Gasteiger partial charge in [-0.1, -0.05) is 0 Å². The molecule has 1 aliphatic heterocycles. The molecule has 3 heterocycles. The van der Waals surface area contributed by atoms with Crippen molar-refractivity contribution in [3.8, 4) is 0 Å². The fourth-order valence-corrected chi connectivity index (χ4v) is 4.48. The summed E-state index contributed by atoms with van der Waals surface area (Å²) in [5.74, 6) is 0.268. The second kappa shape index (κ2) is 6.53. The number of ether oxygens (including phenoxy) is 1. The van der Waals surface area contributed by atoms with Crippen molar-refractivity contribution in [3.63, 3.8) is 0 Å². The molecule has 0 amide bonds. The molecule has 8 nitrogen and oxygen atoms in total. The monoisotopic (exact) mass is 465 g/mol. The van der Waals surface area contributed by atoms with E-state index in [0.717, 1.165) is 6.16 Å². The van der Waals surface area contributed by atoms with E-state index in [9.17, 15) is 10.2 Å². The normalized spacial score (nSPS) is 27.9. The first kappa shape index (κ1) is 18.1. The molecule has 0 unspecified atom stereocenters. The van der Waals surface area contributed by atoms with Gasteiger partial charge in [-0.05, 0) is 25.9 Å². The fourth-order valence-electron chi connectivity index (χ4n) is 2.78. The number of nitrogens with two attached hydrogens (primary N) is 1. The van der Waals surface area contributed by atoms with Gasteiger partial charge in [-0.25, -0.2) is 15.0 Å². The van der Waals surface area contributed by atoms with E-state index in [1.54, 1.807) is 4.57 Å². The number of anilines is 1. The minimum absolute atomic E-state index is 0.268. The summed E-state index contributed by atoms with van der Waals surface area (Å²) >= 11 is 2.03.